The number of allylic oxidation sites excluding steroid dienone is 4. The highest BCUT2D eigenvalue weighted by Gasteiger charge is 2.35. The van der Waals surface area contributed by atoms with Gasteiger partial charge in [-0.15, -0.1) is 0 Å². The van der Waals surface area contributed by atoms with Gasteiger partial charge in [0, 0.05) is 17.3 Å². The van der Waals surface area contributed by atoms with Gasteiger partial charge < -0.3 is 14.8 Å². The molecule has 0 atom stereocenters. The Morgan fingerprint density at radius 1 is 1.00 bits per heavy atom. The normalized spacial score (nSPS) is 15.7. The average molecular weight is 335 g/mol. The van der Waals surface area contributed by atoms with Gasteiger partial charge in [-0.3, -0.25) is 0 Å². The molecule has 0 saturated carbocycles. The lowest BCUT2D eigenvalue weighted by molar-refractivity contribution is -0.139. The molecule has 5 nitrogen and oxygen atoms in total. The largest absolute Gasteiger partial charge is 0.463 e. The number of esters is 2. The Morgan fingerprint density at radius 2 is 1.50 bits per heavy atom. The van der Waals surface area contributed by atoms with Crippen molar-refractivity contribution in [3.8, 4) is 0 Å². The SMILES string of the molecule is CCCC/C=C/C1C(C(=O)OCC)=C(C)NC(C)=C1C(=O)OCC. The van der Waals surface area contributed by atoms with Crippen molar-refractivity contribution in [2.24, 2.45) is 5.92 Å². The van der Waals surface area contributed by atoms with Crippen LogP contribution < -0.4 is 5.32 Å². The van der Waals surface area contributed by atoms with Crippen LogP contribution in [0.1, 0.15) is 53.9 Å². The Bertz CT molecular complexity index is 518. The highest BCUT2D eigenvalue weighted by Crippen LogP contribution is 2.32. The summed E-state index contributed by atoms with van der Waals surface area (Å²) in [6.07, 6.45) is 7.01. The third kappa shape index (κ3) is 4.98. The number of carbonyl (C=O) groups is 2. The van der Waals surface area contributed by atoms with Crippen LogP contribution in [0, 0.1) is 5.92 Å². The van der Waals surface area contributed by atoms with Crippen LogP contribution in [-0.4, -0.2) is 25.2 Å². The molecule has 134 valence electrons. The second-order valence-electron chi connectivity index (χ2n) is 5.69. The Kier molecular flexibility index (Phi) is 8.30. The lowest BCUT2D eigenvalue weighted by Crippen LogP contribution is -2.32. The number of hydrogen-bond donors (Lipinski definition) is 1. The Morgan fingerprint density at radius 3 is 1.92 bits per heavy atom. The molecule has 0 saturated heterocycles. The summed E-state index contributed by atoms with van der Waals surface area (Å²) in [7, 11) is 0. The number of ether oxygens (including phenoxy) is 2. The van der Waals surface area contributed by atoms with E-state index in [1.165, 1.54) is 0 Å². The van der Waals surface area contributed by atoms with Crippen LogP contribution in [0.2, 0.25) is 0 Å². The van der Waals surface area contributed by atoms with E-state index in [0.717, 1.165) is 19.3 Å². The van der Waals surface area contributed by atoms with Crippen LogP contribution >= 0.6 is 0 Å². The second-order valence-corrected chi connectivity index (χ2v) is 5.69. The molecule has 1 N–H and O–H groups in total. The Balaban J connectivity index is 3.24. The fourth-order valence-corrected chi connectivity index (χ4v) is 2.75. The fourth-order valence-electron chi connectivity index (χ4n) is 2.75. The third-order valence-electron chi connectivity index (χ3n) is 3.85. The molecule has 5 heteroatoms. The second kappa shape index (κ2) is 9.96. The molecule has 0 bridgehead atoms. The minimum Gasteiger partial charge on any atom is -0.463 e. The summed E-state index contributed by atoms with van der Waals surface area (Å²) in [5, 5.41) is 3.11. The predicted molar refractivity (Wildman–Crippen MR) is 94.0 cm³/mol. The highest BCUT2D eigenvalue weighted by atomic mass is 16.5. The van der Waals surface area contributed by atoms with E-state index in [4.69, 9.17) is 9.47 Å². The number of rotatable bonds is 8. The lowest BCUT2D eigenvalue weighted by atomic mass is 9.85. The van der Waals surface area contributed by atoms with Crippen LogP contribution in [-0.2, 0) is 19.1 Å². The molecule has 0 fully saturated rings. The molecule has 0 aromatic carbocycles. The van der Waals surface area contributed by atoms with Gasteiger partial charge in [0.2, 0.25) is 0 Å². The molecule has 0 spiro atoms. The zero-order chi connectivity index (χ0) is 18.1. The van der Waals surface area contributed by atoms with E-state index in [1.807, 2.05) is 26.0 Å². The number of unbranched alkanes of at least 4 members (excludes halogenated alkanes) is 2. The van der Waals surface area contributed by atoms with Crippen molar-refractivity contribution in [1.29, 1.82) is 0 Å². The predicted octanol–water partition coefficient (Wildman–Crippen LogP) is 3.63. The number of dihydropyridines is 1. The fraction of sp³-hybridized carbons (Fsp3) is 0.579. The first-order valence-electron chi connectivity index (χ1n) is 8.67. The Hall–Kier alpha value is -2.04. The van der Waals surface area contributed by atoms with Crippen molar-refractivity contribution in [3.63, 3.8) is 0 Å². The zero-order valence-corrected chi connectivity index (χ0v) is 15.4. The van der Waals surface area contributed by atoms with Gasteiger partial charge in [-0.2, -0.15) is 0 Å². The van der Waals surface area contributed by atoms with Crippen LogP contribution in [0.15, 0.2) is 34.7 Å². The van der Waals surface area contributed by atoms with Gasteiger partial charge in [-0.05, 0) is 34.1 Å². The molecular formula is C19H29NO4. The van der Waals surface area contributed by atoms with Crippen LogP contribution in [0.5, 0.6) is 0 Å². The van der Waals surface area contributed by atoms with Gasteiger partial charge in [-0.25, -0.2) is 9.59 Å². The monoisotopic (exact) mass is 335 g/mol. The summed E-state index contributed by atoms with van der Waals surface area (Å²) in [5.41, 5.74) is 2.37. The molecule has 1 heterocycles. The Labute approximate surface area is 144 Å². The van der Waals surface area contributed by atoms with Crippen LogP contribution in [0.4, 0.5) is 0 Å². The zero-order valence-electron chi connectivity index (χ0n) is 15.4. The first kappa shape index (κ1) is 20.0. The standard InChI is InChI=1S/C19H29NO4/c1-6-9-10-11-12-15-16(18(21)23-7-2)13(4)20-14(5)17(15)19(22)24-8-3/h11-12,15,20H,6-10H2,1-5H3/b12-11+. The number of hydrogen-bond acceptors (Lipinski definition) is 5. The van der Waals surface area contributed by atoms with Gasteiger partial charge in [0.1, 0.15) is 0 Å². The maximum Gasteiger partial charge on any atom is 0.336 e. The molecule has 1 aliphatic rings. The van der Waals surface area contributed by atoms with Gasteiger partial charge in [0.05, 0.1) is 24.4 Å². The van der Waals surface area contributed by atoms with Crippen molar-refractivity contribution >= 4 is 11.9 Å². The molecule has 24 heavy (non-hydrogen) atoms. The molecule has 0 unspecified atom stereocenters. The van der Waals surface area contributed by atoms with E-state index in [0.29, 0.717) is 35.8 Å². The van der Waals surface area contributed by atoms with Crippen LogP contribution in [0.25, 0.3) is 0 Å². The van der Waals surface area contributed by atoms with Crippen molar-refractivity contribution in [3.05, 3.63) is 34.7 Å². The molecule has 0 aliphatic carbocycles. The van der Waals surface area contributed by atoms with Crippen LogP contribution in [0.3, 0.4) is 0 Å². The van der Waals surface area contributed by atoms with E-state index in [-0.39, 0.29) is 0 Å². The van der Waals surface area contributed by atoms with Gasteiger partial charge in [-0.1, -0.05) is 31.9 Å². The van der Waals surface area contributed by atoms with E-state index in [2.05, 4.69) is 12.2 Å². The molecule has 1 aliphatic heterocycles. The van der Waals surface area contributed by atoms with Gasteiger partial charge in [0.15, 0.2) is 0 Å². The molecule has 0 radical (unpaired) electrons. The number of nitrogens with one attached hydrogen (secondary N) is 1. The summed E-state index contributed by atoms with van der Waals surface area (Å²) in [5.74, 6) is -1.25. The van der Waals surface area contributed by atoms with Crippen molar-refractivity contribution < 1.29 is 19.1 Å². The molecule has 1 rings (SSSR count). The van der Waals surface area contributed by atoms with E-state index in [1.54, 1.807) is 13.8 Å². The summed E-state index contributed by atoms with van der Waals surface area (Å²) in [4.78, 5) is 24.8. The van der Waals surface area contributed by atoms with Gasteiger partial charge >= 0.3 is 11.9 Å². The summed E-state index contributed by atoms with van der Waals surface area (Å²) >= 11 is 0. The molecule has 0 aromatic rings. The maximum absolute atomic E-state index is 12.4. The molecule has 0 amide bonds. The summed E-state index contributed by atoms with van der Waals surface area (Å²) in [6.45, 7) is 9.89. The third-order valence-corrected chi connectivity index (χ3v) is 3.85. The molecule has 0 aromatic heterocycles. The first-order valence-corrected chi connectivity index (χ1v) is 8.67. The van der Waals surface area contributed by atoms with E-state index in [9.17, 15) is 9.59 Å². The molecular weight excluding hydrogens is 306 g/mol. The van der Waals surface area contributed by atoms with Gasteiger partial charge in [0.25, 0.3) is 0 Å². The van der Waals surface area contributed by atoms with Crippen molar-refractivity contribution in [1.82, 2.24) is 5.32 Å². The lowest BCUT2D eigenvalue weighted by Gasteiger charge is -2.28. The summed E-state index contributed by atoms with van der Waals surface area (Å²) < 4.78 is 10.4. The topological polar surface area (TPSA) is 64.6 Å². The van der Waals surface area contributed by atoms with E-state index < -0.39 is 17.9 Å². The smallest absolute Gasteiger partial charge is 0.336 e. The summed E-state index contributed by atoms with van der Waals surface area (Å²) in [6, 6.07) is 0. The van der Waals surface area contributed by atoms with Crippen molar-refractivity contribution in [2.75, 3.05) is 13.2 Å². The first-order chi connectivity index (χ1) is 11.5. The highest BCUT2D eigenvalue weighted by molar-refractivity contribution is 5.98. The maximum atomic E-state index is 12.4. The van der Waals surface area contributed by atoms with E-state index >= 15 is 0 Å². The minimum absolute atomic E-state index is 0.291. The quantitative estimate of drug-likeness (QED) is 0.417. The van der Waals surface area contributed by atoms with Crippen molar-refractivity contribution in [2.45, 2.75) is 53.9 Å². The number of carbonyl (C=O) groups excluding carboxylic acids is 2. The average Bonchev–Trinajstić information content (AvgIpc) is 2.51. The minimum atomic E-state index is -0.443.